The zero-order chi connectivity index (χ0) is 8.10. The predicted octanol–water partition coefficient (Wildman–Crippen LogP) is -1.70. The van der Waals surface area contributed by atoms with Crippen LogP contribution in [0.2, 0.25) is 0 Å². The van der Waals surface area contributed by atoms with Gasteiger partial charge < -0.3 is 1.43 Å². The molecule has 0 atom stereocenters. The standard InChI is InChI=1S/C8H7N2O.Na.H/c9-10-6-8(11)7-4-2-1-3-5-7;;/h1-6,9H;;/q2*+1;-1. The topological polar surface area (TPSA) is 55.0 Å². The molecule has 0 radical (unpaired) electrons. The van der Waals surface area contributed by atoms with Crippen molar-refractivity contribution in [2.75, 3.05) is 0 Å². The van der Waals surface area contributed by atoms with Gasteiger partial charge in [-0.15, -0.1) is 0 Å². The van der Waals surface area contributed by atoms with E-state index in [4.69, 9.17) is 5.53 Å². The number of hydrogen-bond donors (Lipinski definition) is 1. The van der Waals surface area contributed by atoms with Crippen LogP contribution in [0.25, 0.3) is 0 Å². The van der Waals surface area contributed by atoms with Crippen molar-refractivity contribution in [2.45, 2.75) is 0 Å². The Kier molecular flexibility index (Phi) is 5.51. The Labute approximate surface area is 93.8 Å². The van der Waals surface area contributed by atoms with Gasteiger partial charge in [-0.1, -0.05) is 30.3 Å². The van der Waals surface area contributed by atoms with Crippen LogP contribution in [0.4, 0.5) is 0 Å². The van der Waals surface area contributed by atoms with E-state index < -0.39 is 0 Å². The summed E-state index contributed by atoms with van der Waals surface area (Å²) in [6.07, 6.45) is 0.981. The molecule has 1 rings (SSSR count). The van der Waals surface area contributed by atoms with Crippen LogP contribution in [0.1, 0.15) is 11.8 Å². The number of nitrogens with one attached hydrogen (secondary N) is 1. The first-order valence-electron chi connectivity index (χ1n) is 3.14. The van der Waals surface area contributed by atoms with Crippen molar-refractivity contribution in [1.29, 1.82) is 5.53 Å². The molecule has 1 aromatic carbocycles. The molecule has 1 N–H and O–H groups in total. The zero-order valence-electron chi connectivity index (χ0n) is 7.82. The Morgan fingerprint density at radius 2 is 2.00 bits per heavy atom. The number of hydrogen-bond acceptors (Lipinski definition) is 2. The molecule has 1 aromatic rings. The van der Waals surface area contributed by atoms with E-state index in [1.165, 1.54) is 0 Å². The summed E-state index contributed by atoms with van der Waals surface area (Å²) in [6.45, 7) is 0. The molecule has 0 aliphatic heterocycles. The summed E-state index contributed by atoms with van der Waals surface area (Å²) in [5, 5.41) is 0. The maximum Gasteiger partial charge on any atom is 1.00 e. The van der Waals surface area contributed by atoms with E-state index in [1.54, 1.807) is 24.3 Å². The SMILES string of the molecule is N=[N+]=CC(=O)c1ccccc1.[H-].[Na+]. The third kappa shape index (κ3) is 3.11. The number of carbonyl (C=O) groups is 1. The number of rotatable bonds is 2. The average molecular weight is 171 g/mol. The van der Waals surface area contributed by atoms with Gasteiger partial charge in [0.05, 0.1) is 10.3 Å². The molecule has 0 aromatic heterocycles. The predicted molar refractivity (Wildman–Crippen MR) is 40.9 cm³/mol. The molecule has 0 heterocycles. The van der Waals surface area contributed by atoms with Crippen molar-refractivity contribution in [3.8, 4) is 0 Å². The van der Waals surface area contributed by atoms with Crippen molar-refractivity contribution in [3.05, 3.63) is 35.9 Å². The Morgan fingerprint density at radius 1 is 1.42 bits per heavy atom. The fourth-order valence-corrected chi connectivity index (χ4v) is 0.736. The molecule has 12 heavy (non-hydrogen) atoms. The van der Waals surface area contributed by atoms with Gasteiger partial charge in [0, 0.05) is 5.56 Å². The molecule has 0 saturated heterocycles. The van der Waals surface area contributed by atoms with Gasteiger partial charge in [0.2, 0.25) is 0 Å². The van der Waals surface area contributed by atoms with Crippen LogP contribution in [0, 0.1) is 5.53 Å². The minimum absolute atomic E-state index is 0. The van der Waals surface area contributed by atoms with Crippen LogP contribution in [-0.4, -0.2) is 16.8 Å². The van der Waals surface area contributed by atoms with Gasteiger partial charge in [-0.05, 0) is 0 Å². The van der Waals surface area contributed by atoms with E-state index in [0.29, 0.717) is 5.56 Å². The molecular weight excluding hydrogens is 163 g/mol. The first-order valence-corrected chi connectivity index (χ1v) is 3.14. The molecule has 0 fully saturated rings. The zero-order valence-corrected chi connectivity index (χ0v) is 8.82. The van der Waals surface area contributed by atoms with Crippen LogP contribution >= 0.6 is 0 Å². The van der Waals surface area contributed by atoms with Gasteiger partial charge in [-0.3, -0.25) is 4.79 Å². The normalized spacial score (nSPS) is 7.67. The summed E-state index contributed by atoms with van der Waals surface area (Å²) in [5.41, 5.74) is 6.99. The molecule has 0 saturated carbocycles. The van der Waals surface area contributed by atoms with E-state index in [1.807, 2.05) is 6.07 Å². The molecule has 56 valence electrons. The third-order valence-electron chi connectivity index (χ3n) is 1.24. The van der Waals surface area contributed by atoms with E-state index in [-0.39, 0.29) is 36.8 Å². The second-order valence-corrected chi connectivity index (χ2v) is 1.99. The van der Waals surface area contributed by atoms with Crippen LogP contribution in [-0.2, 0) is 0 Å². The molecule has 0 aliphatic carbocycles. The second kappa shape index (κ2) is 5.86. The molecule has 0 bridgehead atoms. The largest absolute Gasteiger partial charge is 1.00 e. The van der Waals surface area contributed by atoms with Gasteiger partial charge in [-0.2, -0.15) is 0 Å². The van der Waals surface area contributed by atoms with Gasteiger partial charge in [0.25, 0.3) is 5.78 Å². The minimum Gasteiger partial charge on any atom is -1.00 e. The van der Waals surface area contributed by atoms with Crippen LogP contribution in [0.15, 0.2) is 30.3 Å². The van der Waals surface area contributed by atoms with Gasteiger partial charge in [0.15, 0.2) is 0 Å². The number of benzene rings is 1. The van der Waals surface area contributed by atoms with E-state index in [2.05, 4.69) is 4.79 Å². The number of Topliss-reactive ketones (excluding diaryl/α,β-unsaturated/α-hetero) is 1. The Balaban J connectivity index is 0. The van der Waals surface area contributed by atoms with Crippen molar-refractivity contribution in [2.24, 2.45) is 0 Å². The van der Waals surface area contributed by atoms with E-state index in [0.717, 1.165) is 6.21 Å². The molecule has 4 heteroatoms. The first kappa shape index (κ1) is 11.3. The van der Waals surface area contributed by atoms with Crippen molar-refractivity contribution < 1.29 is 40.6 Å². The van der Waals surface area contributed by atoms with Crippen LogP contribution in [0.5, 0.6) is 0 Å². The summed E-state index contributed by atoms with van der Waals surface area (Å²) in [6, 6.07) is 8.73. The molecule has 0 amide bonds. The molecule has 0 spiro atoms. The fraction of sp³-hybridized carbons (Fsp3) is 0. The van der Waals surface area contributed by atoms with Crippen molar-refractivity contribution >= 4 is 12.0 Å². The summed E-state index contributed by atoms with van der Waals surface area (Å²) in [5.74, 6) is -0.236. The maximum atomic E-state index is 11.0. The summed E-state index contributed by atoms with van der Waals surface area (Å²) in [4.78, 5) is 13.9. The van der Waals surface area contributed by atoms with E-state index >= 15 is 0 Å². The van der Waals surface area contributed by atoms with E-state index in [9.17, 15) is 4.79 Å². The van der Waals surface area contributed by atoms with Gasteiger partial charge in [0.1, 0.15) is 0 Å². The molecular formula is C8H8N2NaO+. The maximum absolute atomic E-state index is 11.0. The van der Waals surface area contributed by atoms with Crippen LogP contribution < -0.4 is 29.6 Å². The quantitative estimate of drug-likeness (QED) is 0.186. The third-order valence-corrected chi connectivity index (χ3v) is 1.24. The monoisotopic (exact) mass is 171 g/mol. The van der Waals surface area contributed by atoms with Crippen molar-refractivity contribution in [1.82, 2.24) is 0 Å². The Morgan fingerprint density at radius 3 is 2.50 bits per heavy atom. The minimum atomic E-state index is -0.236. The smallest absolute Gasteiger partial charge is 1.00 e. The number of nitrogens with zero attached hydrogens (tertiary/aromatic N) is 1. The van der Waals surface area contributed by atoms with Crippen LogP contribution in [0.3, 0.4) is 0 Å². The summed E-state index contributed by atoms with van der Waals surface area (Å²) in [7, 11) is 0. The molecule has 0 aliphatic rings. The second-order valence-electron chi connectivity index (χ2n) is 1.99. The van der Waals surface area contributed by atoms with Gasteiger partial charge >= 0.3 is 35.8 Å². The summed E-state index contributed by atoms with van der Waals surface area (Å²) >= 11 is 0. The number of ketones is 1. The molecule has 3 nitrogen and oxygen atoms in total. The first-order chi connectivity index (χ1) is 5.34. The Bertz CT molecular complexity index is 309. The summed E-state index contributed by atoms with van der Waals surface area (Å²) < 4.78 is 0. The van der Waals surface area contributed by atoms with Gasteiger partial charge in [-0.25, -0.2) is 0 Å². The molecule has 0 unspecified atom stereocenters. The Hall–Kier alpha value is -0.730. The fourth-order valence-electron chi connectivity index (χ4n) is 0.736. The average Bonchev–Trinajstić information content (AvgIpc) is 2.07. The number of carbonyl (C=O) groups excluding carboxylic acids is 1. The van der Waals surface area contributed by atoms with Crippen molar-refractivity contribution in [3.63, 3.8) is 0 Å².